The van der Waals surface area contributed by atoms with Crippen LogP contribution in [0.25, 0.3) is 6.08 Å². The van der Waals surface area contributed by atoms with Crippen LogP contribution >= 0.6 is 11.6 Å². The minimum atomic E-state index is 0.420. The largest absolute Gasteiger partial charge is 0.249 e. The maximum Gasteiger partial charge on any atom is 0.154 e. The van der Waals surface area contributed by atoms with Gasteiger partial charge in [0.1, 0.15) is 5.69 Å². The molecule has 3 heteroatoms. The maximum atomic E-state index is 5.76. The Hall–Kier alpha value is -0.890. The van der Waals surface area contributed by atoms with Gasteiger partial charge in [-0.15, -0.1) is 0 Å². The summed E-state index contributed by atoms with van der Waals surface area (Å²) in [6.45, 7) is 7.35. The lowest BCUT2D eigenvalue weighted by molar-refractivity contribution is 1.04. The van der Waals surface area contributed by atoms with Gasteiger partial charge in [-0.05, 0) is 19.9 Å². The zero-order chi connectivity index (χ0) is 8.43. The molecule has 0 unspecified atom stereocenters. The number of hydrogen-bond donors (Lipinski definition) is 0. The lowest BCUT2D eigenvalue weighted by atomic mass is 10.3. The third-order valence-electron chi connectivity index (χ3n) is 1.48. The maximum absolute atomic E-state index is 5.76. The first-order valence-corrected chi connectivity index (χ1v) is 3.66. The molecule has 0 aliphatic carbocycles. The second-order valence-corrected chi connectivity index (χ2v) is 2.63. The van der Waals surface area contributed by atoms with Crippen LogP contribution in [-0.4, -0.2) is 9.97 Å². The van der Waals surface area contributed by atoms with Crippen molar-refractivity contribution in [2.24, 2.45) is 0 Å². The fourth-order valence-electron chi connectivity index (χ4n) is 0.723. The molecule has 0 bridgehead atoms. The Labute approximate surface area is 70.9 Å². The molecular weight excluding hydrogens is 160 g/mol. The van der Waals surface area contributed by atoms with Gasteiger partial charge < -0.3 is 0 Å². The topological polar surface area (TPSA) is 25.8 Å². The summed E-state index contributed by atoms with van der Waals surface area (Å²) < 4.78 is 0. The van der Waals surface area contributed by atoms with Crippen LogP contribution in [-0.2, 0) is 0 Å². The van der Waals surface area contributed by atoms with Crippen molar-refractivity contribution in [2.45, 2.75) is 13.8 Å². The van der Waals surface area contributed by atoms with E-state index >= 15 is 0 Å². The smallest absolute Gasteiger partial charge is 0.154 e. The average molecular weight is 169 g/mol. The normalized spacial score (nSPS) is 9.73. The van der Waals surface area contributed by atoms with Crippen LogP contribution < -0.4 is 0 Å². The third-order valence-corrected chi connectivity index (χ3v) is 1.76. The molecule has 0 atom stereocenters. The summed E-state index contributed by atoms with van der Waals surface area (Å²) >= 11 is 5.76. The standard InChI is InChI=1S/C8H9ClN2/c1-4-7-8(9)11-6(3)5(2)10-7/h4H,1H2,2-3H3. The van der Waals surface area contributed by atoms with Crippen LogP contribution in [0.2, 0.25) is 5.15 Å². The minimum Gasteiger partial charge on any atom is -0.249 e. The highest BCUT2D eigenvalue weighted by atomic mass is 35.5. The zero-order valence-electron chi connectivity index (χ0n) is 6.56. The summed E-state index contributed by atoms with van der Waals surface area (Å²) in [5.74, 6) is 0. The highest BCUT2D eigenvalue weighted by Gasteiger charge is 2.02. The van der Waals surface area contributed by atoms with Crippen molar-refractivity contribution >= 4 is 17.7 Å². The summed E-state index contributed by atoms with van der Waals surface area (Å²) in [7, 11) is 0. The molecule has 11 heavy (non-hydrogen) atoms. The van der Waals surface area contributed by atoms with Crippen molar-refractivity contribution < 1.29 is 0 Å². The molecule has 1 heterocycles. The minimum absolute atomic E-state index is 0.420. The first-order chi connectivity index (χ1) is 5.15. The summed E-state index contributed by atoms with van der Waals surface area (Å²) in [5, 5.41) is 0.420. The molecule has 0 saturated carbocycles. The fourth-order valence-corrected chi connectivity index (χ4v) is 0.969. The van der Waals surface area contributed by atoms with E-state index in [0.29, 0.717) is 10.8 Å². The molecule has 0 fully saturated rings. The van der Waals surface area contributed by atoms with Gasteiger partial charge in [0.25, 0.3) is 0 Å². The van der Waals surface area contributed by atoms with E-state index in [1.165, 1.54) is 0 Å². The molecule has 0 amide bonds. The molecule has 0 aliphatic rings. The first kappa shape index (κ1) is 8.21. The van der Waals surface area contributed by atoms with E-state index in [0.717, 1.165) is 11.4 Å². The van der Waals surface area contributed by atoms with Crippen LogP contribution in [0.1, 0.15) is 17.1 Å². The van der Waals surface area contributed by atoms with Crippen molar-refractivity contribution in [2.75, 3.05) is 0 Å². The van der Waals surface area contributed by atoms with Crippen molar-refractivity contribution in [3.63, 3.8) is 0 Å². The SMILES string of the molecule is C=Cc1nc(C)c(C)nc1Cl. The molecule has 0 N–H and O–H groups in total. The van der Waals surface area contributed by atoms with Gasteiger partial charge in [-0.2, -0.15) is 0 Å². The van der Waals surface area contributed by atoms with Gasteiger partial charge in [-0.25, -0.2) is 9.97 Å². The van der Waals surface area contributed by atoms with Gasteiger partial charge in [-0.3, -0.25) is 0 Å². The molecule has 0 aromatic carbocycles. The van der Waals surface area contributed by atoms with Crippen LogP contribution in [0.15, 0.2) is 6.58 Å². The van der Waals surface area contributed by atoms with Crippen LogP contribution in [0.4, 0.5) is 0 Å². The summed E-state index contributed by atoms with van der Waals surface area (Å²) in [5.41, 5.74) is 2.40. The van der Waals surface area contributed by atoms with Crippen LogP contribution in [0.3, 0.4) is 0 Å². The van der Waals surface area contributed by atoms with E-state index in [2.05, 4.69) is 16.5 Å². The van der Waals surface area contributed by atoms with Gasteiger partial charge in [0.2, 0.25) is 0 Å². The average Bonchev–Trinajstić information content (AvgIpc) is 1.97. The molecule has 0 spiro atoms. The molecule has 2 nitrogen and oxygen atoms in total. The van der Waals surface area contributed by atoms with Gasteiger partial charge >= 0.3 is 0 Å². The van der Waals surface area contributed by atoms with Crippen molar-refractivity contribution in [1.82, 2.24) is 9.97 Å². The monoisotopic (exact) mass is 168 g/mol. The Morgan fingerprint density at radius 2 is 1.82 bits per heavy atom. The second-order valence-electron chi connectivity index (χ2n) is 2.27. The van der Waals surface area contributed by atoms with E-state index in [1.54, 1.807) is 6.08 Å². The van der Waals surface area contributed by atoms with Crippen molar-refractivity contribution in [1.29, 1.82) is 0 Å². The highest BCUT2D eigenvalue weighted by molar-refractivity contribution is 6.30. The Kier molecular flexibility index (Phi) is 2.25. The predicted molar refractivity (Wildman–Crippen MR) is 46.6 cm³/mol. The molecule has 0 aliphatic heterocycles. The summed E-state index contributed by atoms with van der Waals surface area (Å²) in [6.07, 6.45) is 1.60. The quantitative estimate of drug-likeness (QED) is 0.644. The summed E-state index contributed by atoms with van der Waals surface area (Å²) in [6, 6.07) is 0. The van der Waals surface area contributed by atoms with Gasteiger partial charge in [0, 0.05) is 0 Å². The Morgan fingerprint density at radius 3 is 2.36 bits per heavy atom. The number of hydrogen-bond acceptors (Lipinski definition) is 2. The fraction of sp³-hybridized carbons (Fsp3) is 0.250. The highest BCUT2D eigenvalue weighted by Crippen LogP contribution is 2.13. The zero-order valence-corrected chi connectivity index (χ0v) is 7.31. The van der Waals surface area contributed by atoms with Crippen molar-refractivity contribution in [3.05, 3.63) is 28.8 Å². The van der Waals surface area contributed by atoms with E-state index < -0.39 is 0 Å². The van der Waals surface area contributed by atoms with Gasteiger partial charge in [0.15, 0.2) is 5.15 Å². The van der Waals surface area contributed by atoms with E-state index in [1.807, 2.05) is 13.8 Å². The molecule has 58 valence electrons. The number of nitrogens with zero attached hydrogens (tertiary/aromatic N) is 2. The van der Waals surface area contributed by atoms with Crippen LogP contribution in [0, 0.1) is 13.8 Å². The summed E-state index contributed by atoms with van der Waals surface area (Å²) in [4.78, 5) is 8.25. The van der Waals surface area contributed by atoms with Crippen LogP contribution in [0.5, 0.6) is 0 Å². The molecular formula is C8H9ClN2. The lowest BCUT2D eigenvalue weighted by Crippen LogP contribution is -1.95. The number of aromatic nitrogens is 2. The van der Waals surface area contributed by atoms with E-state index in [-0.39, 0.29) is 0 Å². The second kappa shape index (κ2) is 3.01. The molecule has 0 saturated heterocycles. The number of rotatable bonds is 1. The number of halogens is 1. The number of aryl methyl sites for hydroxylation is 2. The van der Waals surface area contributed by atoms with E-state index in [4.69, 9.17) is 11.6 Å². The molecule has 1 rings (SSSR count). The third kappa shape index (κ3) is 1.57. The Morgan fingerprint density at radius 1 is 1.27 bits per heavy atom. The predicted octanol–water partition coefficient (Wildman–Crippen LogP) is 2.39. The van der Waals surface area contributed by atoms with Crippen molar-refractivity contribution in [3.8, 4) is 0 Å². The lowest BCUT2D eigenvalue weighted by Gasteiger charge is -2.01. The first-order valence-electron chi connectivity index (χ1n) is 3.28. The molecule has 1 aromatic heterocycles. The molecule has 1 aromatic rings. The van der Waals surface area contributed by atoms with E-state index in [9.17, 15) is 0 Å². The Bertz CT molecular complexity index is 294. The van der Waals surface area contributed by atoms with Gasteiger partial charge in [0.05, 0.1) is 11.4 Å². The Balaban J connectivity index is 3.31. The molecule has 0 radical (unpaired) electrons. The van der Waals surface area contributed by atoms with Gasteiger partial charge in [-0.1, -0.05) is 18.2 Å².